The summed E-state index contributed by atoms with van der Waals surface area (Å²) in [6.45, 7) is 4.71. The molecule has 1 aromatic heterocycles. The smallest absolute Gasteiger partial charge is 0.131 e. The quantitative estimate of drug-likeness (QED) is 0.890. The third-order valence-corrected chi connectivity index (χ3v) is 4.61. The average Bonchev–Trinajstić information content (AvgIpc) is 2.87. The Labute approximate surface area is 125 Å². The lowest BCUT2D eigenvalue weighted by molar-refractivity contribution is 0.276. The topological polar surface area (TPSA) is 42.4 Å². The number of thiazole rings is 1. The highest BCUT2D eigenvalue weighted by Gasteiger charge is 2.07. The van der Waals surface area contributed by atoms with Crippen LogP contribution in [0.5, 0.6) is 5.75 Å². The van der Waals surface area contributed by atoms with Gasteiger partial charge < -0.3 is 9.84 Å². The van der Waals surface area contributed by atoms with Crippen molar-refractivity contribution >= 4 is 27.3 Å². The van der Waals surface area contributed by atoms with Gasteiger partial charge in [-0.05, 0) is 23.8 Å². The van der Waals surface area contributed by atoms with E-state index in [0.29, 0.717) is 12.5 Å². The van der Waals surface area contributed by atoms with Crippen molar-refractivity contribution in [3.63, 3.8) is 0 Å². The fourth-order valence-electron chi connectivity index (χ4n) is 1.57. The zero-order chi connectivity index (χ0) is 13.8. The molecule has 1 heterocycles. The van der Waals surface area contributed by atoms with Crippen molar-refractivity contribution in [1.82, 2.24) is 4.98 Å². The van der Waals surface area contributed by atoms with Crippen LogP contribution < -0.4 is 4.74 Å². The van der Waals surface area contributed by atoms with Crippen molar-refractivity contribution in [3.05, 3.63) is 44.3 Å². The number of aromatic nitrogens is 1. The molecule has 1 aromatic carbocycles. The predicted octanol–water partition coefficient (Wildman–Crippen LogP) is 4.10. The molecule has 5 heteroatoms. The van der Waals surface area contributed by atoms with Crippen LogP contribution in [-0.4, -0.2) is 10.1 Å². The minimum atomic E-state index is -0.00795. The number of benzene rings is 1. The predicted molar refractivity (Wildman–Crippen MR) is 80.6 cm³/mol. The molecule has 19 heavy (non-hydrogen) atoms. The second kappa shape index (κ2) is 6.50. The fourth-order valence-corrected chi connectivity index (χ4v) is 2.77. The van der Waals surface area contributed by atoms with Gasteiger partial charge in [-0.2, -0.15) is 0 Å². The van der Waals surface area contributed by atoms with Gasteiger partial charge in [-0.15, -0.1) is 11.3 Å². The molecule has 2 aromatic rings. The molecule has 0 bridgehead atoms. The molecule has 0 amide bonds. The summed E-state index contributed by atoms with van der Waals surface area (Å²) in [7, 11) is 0. The molecule has 0 unspecified atom stereocenters. The van der Waals surface area contributed by atoms with Gasteiger partial charge in [-0.25, -0.2) is 4.98 Å². The Morgan fingerprint density at radius 3 is 2.84 bits per heavy atom. The van der Waals surface area contributed by atoms with E-state index in [1.165, 1.54) is 0 Å². The molecule has 0 saturated carbocycles. The highest BCUT2D eigenvalue weighted by Crippen LogP contribution is 2.24. The van der Waals surface area contributed by atoms with E-state index in [4.69, 9.17) is 4.74 Å². The number of hydrogen-bond acceptors (Lipinski definition) is 4. The number of hydrogen-bond donors (Lipinski definition) is 1. The van der Waals surface area contributed by atoms with Crippen LogP contribution in [0, 0.1) is 0 Å². The van der Waals surface area contributed by atoms with E-state index in [9.17, 15) is 5.11 Å². The summed E-state index contributed by atoms with van der Waals surface area (Å²) in [5, 5.41) is 12.4. The number of aliphatic hydroxyl groups excluding tert-OH is 1. The van der Waals surface area contributed by atoms with Gasteiger partial charge in [0.1, 0.15) is 12.4 Å². The summed E-state index contributed by atoms with van der Waals surface area (Å²) in [4.78, 5) is 4.52. The fraction of sp³-hybridized carbons (Fsp3) is 0.357. The maximum Gasteiger partial charge on any atom is 0.131 e. The zero-order valence-corrected chi connectivity index (χ0v) is 13.3. The summed E-state index contributed by atoms with van der Waals surface area (Å²) in [6, 6.07) is 5.58. The Morgan fingerprint density at radius 1 is 1.42 bits per heavy atom. The van der Waals surface area contributed by atoms with E-state index in [1.807, 2.05) is 23.6 Å². The van der Waals surface area contributed by atoms with Crippen molar-refractivity contribution in [2.24, 2.45) is 0 Å². The lowest BCUT2D eigenvalue weighted by atomic mass is 10.2. The maximum absolute atomic E-state index is 9.20. The van der Waals surface area contributed by atoms with Gasteiger partial charge in [0.15, 0.2) is 0 Å². The summed E-state index contributed by atoms with van der Waals surface area (Å²) >= 11 is 5.04. The molecule has 0 saturated heterocycles. The van der Waals surface area contributed by atoms with Gasteiger partial charge >= 0.3 is 0 Å². The van der Waals surface area contributed by atoms with Crippen LogP contribution in [0.3, 0.4) is 0 Å². The van der Waals surface area contributed by atoms with Gasteiger partial charge in [-0.1, -0.05) is 29.8 Å². The number of aliphatic hydroxyl groups is 1. The lowest BCUT2D eigenvalue weighted by Crippen LogP contribution is -1.97. The third kappa shape index (κ3) is 3.78. The van der Waals surface area contributed by atoms with Crippen molar-refractivity contribution in [2.75, 3.05) is 0 Å². The maximum atomic E-state index is 9.20. The number of halogens is 1. The van der Waals surface area contributed by atoms with E-state index in [0.717, 1.165) is 26.5 Å². The zero-order valence-electron chi connectivity index (χ0n) is 10.9. The Balaban J connectivity index is 2.01. The molecular weight excluding hydrogens is 326 g/mol. The van der Waals surface area contributed by atoms with Gasteiger partial charge in [0.2, 0.25) is 0 Å². The van der Waals surface area contributed by atoms with Crippen LogP contribution in [0.25, 0.3) is 0 Å². The normalized spacial score (nSPS) is 11.0. The molecule has 0 aliphatic heterocycles. The van der Waals surface area contributed by atoms with Crippen molar-refractivity contribution < 1.29 is 9.84 Å². The van der Waals surface area contributed by atoms with E-state index in [-0.39, 0.29) is 6.61 Å². The Kier molecular flexibility index (Phi) is 4.96. The van der Waals surface area contributed by atoms with Crippen LogP contribution in [0.2, 0.25) is 0 Å². The van der Waals surface area contributed by atoms with Crippen molar-refractivity contribution in [2.45, 2.75) is 33.0 Å². The molecule has 0 fully saturated rings. The SMILES string of the molecule is CC(C)c1nc(COc2ccc(Br)c(CO)c2)cs1. The van der Waals surface area contributed by atoms with Gasteiger partial charge in [0.25, 0.3) is 0 Å². The Morgan fingerprint density at radius 2 is 2.21 bits per heavy atom. The average molecular weight is 342 g/mol. The number of nitrogens with zero attached hydrogens (tertiary/aromatic N) is 1. The highest BCUT2D eigenvalue weighted by atomic mass is 79.9. The Hall–Kier alpha value is -0.910. The summed E-state index contributed by atoms with van der Waals surface area (Å²) < 4.78 is 6.58. The minimum Gasteiger partial charge on any atom is -0.487 e. The van der Waals surface area contributed by atoms with E-state index in [1.54, 1.807) is 11.3 Å². The lowest BCUT2D eigenvalue weighted by Gasteiger charge is -2.07. The van der Waals surface area contributed by atoms with Crippen molar-refractivity contribution in [3.8, 4) is 5.75 Å². The van der Waals surface area contributed by atoms with E-state index >= 15 is 0 Å². The summed E-state index contributed by atoms with van der Waals surface area (Å²) in [6.07, 6.45) is 0. The molecule has 0 atom stereocenters. The first-order valence-corrected chi connectivity index (χ1v) is 7.73. The molecule has 0 aliphatic carbocycles. The van der Waals surface area contributed by atoms with Gasteiger partial charge in [-0.3, -0.25) is 0 Å². The van der Waals surface area contributed by atoms with Crippen molar-refractivity contribution in [1.29, 1.82) is 0 Å². The van der Waals surface area contributed by atoms with Crippen LogP contribution in [0.1, 0.15) is 36.0 Å². The monoisotopic (exact) mass is 341 g/mol. The number of ether oxygens (including phenoxy) is 1. The molecule has 2 rings (SSSR count). The Bertz CT molecular complexity index is 554. The second-order valence-corrected chi connectivity index (χ2v) is 6.28. The largest absolute Gasteiger partial charge is 0.487 e. The summed E-state index contributed by atoms with van der Waals surface area (Å²) in [5.74, 6) is 1.19. The van der Waals surface area contributed by atoms with Gasteiger partial charge in [0, 0.05) is 15.8 Å². The molecule has 102 valence electrons. The van der Waals surface area contributed by atoms with Gasteiger partial charge in [0.05, 0.1) is 17.3 Å². The molecule has 0 spiro atoms. The highest BCUT2D eigenvalue weighted by molar-refractivity contribution is 9.10. The van der Waals surface area contributed by atoms with E-state index < -0.39 is 0 Å². The standard InChI is InChI=1S/C14H16BrNO2S/c1-9(2)14-16-11(8-19-14)7-18-12-3-4-13(15)10(5-12)6-17/h3-5,8-9,17H,6-7H2,1-2H3. The van der Waals surface area contributed by atoms with Crippen LogP contribution in [0.4, 0.5) is 0 Å². The molecular formula is C14H16BrNO2S. The second-order valence-electron chi connectivity index (χ2n) is 4.53. The molecule has 3 nitrogen and oxygen atoms in total. The molecule has 0 aliphatic rings. The van der Waals surface area contributed by atoms with Crippen LogP contribution in [0.15, 0.2) is 28.1 Å². The van der Waals surface area contributed by atoms with E-state index in [2.05, 4.69) is 34.8 Å². The summed E-state index contributed by atoms with van der Waals surface area (Å²) in [5.41, 5.74) is 1.76. The molecule has 0 radical (unpaired) electrons. The molecule has 1 N–H and O–H groups in total. The first-order chi connectivity index (χ1) is 9.10. The first kappa shape index (κ1) is 14.5. The van der Waals surface area contributed by atoms with Crippen LogP contribution in [-0.2, 0) is 13.2 Å². The number of rotatable bonds is 5. The first-order valence-electron chi connectivity index (χ1n) is 6.06. The van der Waals surface area contributed by atoms with Crippen LogP contribution >= 0.6 is 27.3 Å². The minimum absolute atomic E-state index is 0.00795. The third-order valence-electron chi connectivity index (χ3n) is 2.64.